The third-order valence-electron chi connectivity index (χ3n) is 2.49. The second-order valence-corrected chi connectivity index (χ2v) is 5.22. The molecule has 2 atom stereocenters. The minimum absolute atomic E-state index is 0.153. The van der Waals surface area contributed by atoms with E-state index in [1.165, 1.54) is 13.8 Å². The van der Waals surface area contributed by atoms with Crippen molar-refractivity contribution in [2.75, 3.05) is 13.7 Å². The van der Waals surface area contributed by atoms with Crippen molar-refractivity contribution in [3.8, 4) is 0 Å². The minimum atomic E-state index is -5.20. The summed E-state index contributed by atoms with van der Waals surface area (Å²) in [6, 6.07) is 0. The average molecular weight is 284 g/mol. The molecule has 0 spiro atoms. The maximum Gasteiger partial charge on any atom is 0.369 e. The summed E-state index contributed by atoms with van der Waals surface area (Å²) in [6.07, 6.45) is -0.201. The molecule has 8 nitrogen and oxygen atoms in total. The number of methoxy groups -OCH3 is 1. The molecule has 0 bridgehead atoms. The lowest BCUT2D eigenvalue weighted by Gasteiger charge is -2.34. The van der Waals surface area contributed by atoms with Gasteiger partial charge in [-0.1, -0.05) is 6.92 Å². The fraction of sp³-hybridized carbons (Fsp3) is 0.778. The highest BCUT2D eigenvalue weighted by Crippen LogP contribution is 2.56. The van der Waals surface area contributed by atoms with Crippen LogP contribution < -0.4 is 0 Å². The van der Waals surface area contributed by atoms with Gasteiger partial charge in [0.2, 0.25) is 0 Å². The molecule has 0 aromatic carbocycles. The summed E-state index contributed by atoms with van der Waals surface area (Å²) in [5, 5.41) is 6.17. The van der Waals surface area contributed by atoms with Crippen LogP contribution in [-0.2, 0) is 23.6 Å². The molecule has 0 saturated carbocycles. The summed E-state index contributed by atoms with van der Waals surface area (Å²) in [7, 11) is -4.33. The summed E-state index contributed by atoms with van der Waals surface area (Å²) in [5.74, 6) is -4.63. The van der Waals surface area contributed by atoms with Crippen molar-refractivity contribution >= 4 is 19.5 Å². The van der Waals surface area contributed by atoms with E-state index in [9.17, 15) is 23.9 Å². The van der Waals surface area contributed by atoms with Crippen molar-refractivity contribution < 1.29 is 38.5 Å². The molecular formula is C9H17O8P. The SMILES string of the molecule is CCOC(=O)C(OC)(C(CC)C(=O)O)P(=O)(O)O. The van der Waals surface area contributed by atoms with Crippen LogP contribution in [-0.4, -0.2) is 45.9 Å². The first-order valence-corrected chi connectivity index (χ1v) is 6.81. The first kappa shape index (κ1) is 17.1. The molecule has 18 heavy (non-hydrogen) atoms. The van der Waals surface area contributed by atoms with Gasteiger partial charge >= 0.3 is 19.5 Å². The highest BCUT2D eigenvalue weighted by atomic mass is 31.2. The molecule has 0 aliphatic carbocycles. The zero-order valence-electron chi connectivity index (χ0n) is 10.3. The molecule has 0 aromatic rings. The minimum Gasteiger partial charge on any atom is -0.481 e. The number of esters is 1. The fourth-order valence-electron chi connectivity index (χ4n) is 1.66. The van der Waals surface area contributed by atoms with E-state index in [2.05, 4.69) is 9.47 Å². The van der Waals surface area contributed by atoms with Crippen LogP contribution in [0, 0.1) is 5.92 Å². The Morgan fingerprint density at radius 2 is 1.83 bits per heavy atom. The van der Waals surface area contributed by atoms with Gasteiger partial charge in [0.15, 0.2) is 0 Å². The van der Waals surface area contributed by atoms with E-state index in [4.69, 9.17) is 5.11 Å². The normalized spacial score (nSPS) is 16.7. The van der Waals surface area contributed by atoms with Gasteiger partial charge in [-0.25, -0.2) is 4.79 Å². The number of rotatable bonds is 7. The molecule has 0 rings (SSSR count). The molecule has 0 radical (unpaired) electrons. The average Bonchev–Trinajstić information content (AvgIpc) is 2.23. The number of hydrogen-bond acceptors (Lipinski definition) is 5. The number of carbonyl (C=O) groups is 2. The van der Waals surface area contributed by atoms with Gasteiger partial charge in [0, 0.05) is 7.11 Å². The molecular weight excluding hydrogens is 267 g/mol. The Labute approximate surface area is 104 Å². The van der Waals surface area contributed by atoms with Crippen LogP contribution in [0.2, 0.25) is 0 Å². The number of carbonyl (C=O) groups excluding carboxylic acids is 1. The van der Waals surface area contributed by atoms with Crippen molar-refractivity contribution in [2.24, 2.45) is 5.92 Å². The molecule has 0 heterocycles. The summed E-state index contributed by atoms with van der Waals surface area (Å²) < 4.78 is 20.7. The van der Waals surface area contributed by atoms with Gasteiger partial charge in [0.25, 0.3) is 5.34 Å². The lowest BCUT2D eigenvalue weighted by molar-refractivity contribution is -0.173. The Balaban J connectivity index is 5.87. The van der Waals surface area contributed by atoms with Crippen LogP contribution in [0.15, 0.2) is 0 Å². The Kier molecular flexibility index (Phi) is 5.95. The van der Waals surface area contributed by atoms with Crippen molar-refractivity contribution in [3.63, 3.8) is 0 Å². The number of carboxylic acids is 1. The number of aliphatic carboxylic acids is 1. The van der Waals surface area contributed by atoms with Crippen LogP contribution in [0.3, 0.4) is 0 Å². The van der Waals surface area contributed by atoms with Crippen molar-refractivity contribution in [2.45, 2.75) is 25.6 Å². The summed E-state index contributed by atoms with van der Waals surface area (Å²) in [6.45, 7) is 2.65. The first-order valence-electron chi connectivity index (χ1n) is 5.19. The predicted molar refractivity (Wildman–Crippen MR) is 59.8 cm³/mol. The van der Waals surface area contributed by atoms with Gasteiger partial charge < -0.3 is 24.4 Å². The zero-order valence-corrected chi connectivity index (χ0v) is 11.2. The smallest absolute Gasteiger partial charge is 0.369 e. The molecule has 0 saturated heterocycles. The van der Waals surface area contributed by atoms with Crippen molar-refractivity contribution in [3.05, 3.63) is 0 Å². The van der Waals surface area contributed by atoms with Crippen LogP contribution >= 0.6 is 7.60 Å². The summed E-state index contributed by atoms with van der Waals surface area (Å²) in [5.41, 5.74) is 0. The number of carboxylic acid groups (broad SMARTS) is 1. The Hall–Kier alpha value is -0.950. The van der Waals surface area contributed by atoms with E-state index < -0.39 is 30.8 Å². The van der Waals surface area contributed by atoms with E-state index in [0.717, 1.165) is 7.11 Å². The van der Waals surface area contributed by atoms with Gasteiger partial charge in [0.05, 0.1) is 6.61 Å². The van der Waals surface area contributed by atoms with E-state index >= 15 is 0 Å². The predicted octanol–water partition coefficient (Wildman–Crippen LogP) is 0.181. The molecule has 0 fully saturated rings. The third-order valence-corrected chi connectivity index (χ3v) is 4.03. The second-order valence-electron chi connectivity index (χ2n) is 3.46. The maximum atomic E-state index is 11.7. The number of hydrogen-bond donors (Lipinski definition) is 3. The largest absolute Gasteiger partial charge is 0.481 e. The second kappa shape index (κ2) is 6.29. The van der Waals surface area contributed by atoms with Crippen LogP contribution in [0.4, 0.5) is 0 Å². The molecule has 3 N–H and O–H groups in total. The van der Waals surface area contributed by atoms with Crippen LogP contribution in [0.25, 0.3) is 0 Å². The van der Waals surface area contributed by atoms with Gasteiger partial charge in [-0.15, -0.1) is 0 Å². The van der Waals surface area contributed by atoms with Gasteiger partial charge in [-0.2, -0.15) is 0 Å². The monoisotopic (exact) mass is 284 g/mol. The molecule has 0 amide bonds. The van der Waals surface area contributed by atoms with Gasteiger partial charge in [-0.3, -0.25) is 9.36 Å². The van der Waals surface area contributed by atoms with Crippen molar-refractivity contribution in [1.29, 1.82) is 0 Å². The lowest BCUT2D eigenvalue weighted by Crippen LogP contribution is -2.51. The Bertz CT molecular complexity index is 362. The molecule has 106 valence electrons. The molecule has 2 unspecified atom stereocenters. The highest BCUT2D eigenvalue weighted by Gasteiger charge is 2.63. The van der Waals surface area contributed by atoms with Crippen molar-refractivity contribution in [1.82, 2.24) is 0 Å². The maximum absolute atomic E-state index is 11.7. The Morgan fingerprint density at radius 1 is 1.33 bits per heavy atom. The zero-order chi connectivity index (χ0) is 14.6. The van der Waals surface area contributed by atoms with Gasteiger partial charge in [0.1, 0.15) is 5.92 Å². The third kappa shape index (κ3) is 2.89. The fourth-order valence-corrected chi connectivity index (χ4v) is 2.90. The van der Waals surface area contributed by atoms with E-state index in [1.807, 2.05) is 0 Å². The highest BCUT2D eigenvalue weighted by molar-refractivity contribution is 7.54. The van der Waals surface area contributed by atoms with Gasteiger partial charge in [-0.05, 0) is 13.3 Å². The molecule has 0 aromatic heterocycles. The van der Waals surface area contributed by atoms with E-state index in [0.29, 0.717) is 0 Å². The number of ether oxygens (including phenoxy) is 2. The van der Waals surface area contributed by atoms with Crippen LogP contribution in [0.5, 0.6) is 0 Å². The standard InChI is InChI=1S/C9H17O8P/c1-4-6(7(10)11)9(16-3,18(13,14)15)8(12)17-5-2/h6H,4-5H2,1-3H3,(H,10,11)(H2,13,14,15). The van der Waals surface area contributed by atoms with Crippen LogP contribution in [0.1, 0.15) is 20.3 Å². The first-order chi connectivity index (χ1) is 8.18. The van der Waals surface area contributed by atoms with E-state index in [-0.39, 0.29) is 13.0 Å². The summed E-state index contributed by atoms with van der Waals surface area (Å²) >= 11 is 0. The Morgan fingerprint density at radius 3 is 2.06 bits per heavy atom. The quantitative estimate of drug-likeness (QED) is 0.446. The molecule has 9 heteroatoms. The topological polar surface area (TPSA) is 130 Å². The molecule has 0 aliphatic heterocycles. The van der Waals surface area contributed by atoms with E-state index in [1.54, 1.807) is 0 Å². The molecule has 0 aliphatic rings. The summed E-state index contributed by atoms with van der Waals surface area (Å²) in [4.78, 5) is 41.4. The lowest BCUT2D eigenvalue weighted by atomic mass is 9.98.